The van der Waals surface area contributed by atoms with Crippen LogP contribution >= 0.6 is 0 Å². The third-order valence-corrected chi connectivity index (χ3v) is 2.36. The van der Waals surface area contributed by atoms with Crippen molar-refractivity contribution in [2.24, 2.45) is 0 Å². The molecule has 1 aromatic rings. The molecule has 0 unspecified atom stereocenters. The van der Waals surface area contributed by atoms with Crippen molar-refractivity contribution >= 4 is 5.78 Å². The molecule has 0 aliphatic carbocycles. The summed E-state index contributed by atoms with van der Waals surface area (Å²) in [7, 11) is 0. The number of ether oxygens (including phenoxy) is 3. The molecule has 0 saturated heterocycles. The molecule has 0 aromatic heterocycles. The predicted molar refractivity (Wildman–Crippen MR) is 80.5 cm³/mol. The second kappa shape index (κ2) is 11.2. The van der Waals surface area contributed by atoms with Gasteiger partial charge in [0.25, 0.3) is 0 Å². The number of benzene rings is 1. The normalized spacial score (nSPS) is 9.65. The molecule has 4 heteroatoms. The molecular weight excluding hydrogens is 256 g/mol. The Morgan fingerprint density at radius 3 is 2.30 bits per heavy atom. The third-order valence-electron chi connectivity index (χ3n) is 2.36. The Labute approximate surface area is 121 Å². The molecule has 0 spiro atoms. The molecule has 0 fully saturated rings. The molecule has 0 bridgehead atoms. The number of hydrogen-bond acceptors (Lipinski definition) is 4. The lowest BCUT2D eigenvalue weighted by molar-refractivity contribution is 0.0449. The van der Waals surface area contributed by atoms with E-state index in [9.17, 15) is 4.79 Å². The molecule has 1 aromatic carbocycles. The van der Waals surface area contributed by atoms with Crippen LogP contribution in [0.25, 0.3) is 0 Å². The summed E-state index contributed by atoms with van der Waals surface area (Å²) in [5.74, 6) is 0.783. The zero-order chi connectivity index (χ0) is 13.9. The number of Topliss-reactive ketones (excluding diaryl/α,β-unsaturated/α-hetero) is 1. The van der Waals surface area contributed by atoms with Crippen LogP contribution in [0.4, 0.5) is 0 Å². The van der Waals surface area contributed by atoms with Gasteiger partial charge in [0.2, 0.25) is 0 Å². The van der Waals surface area contributed by atoms with Gasteiger partial charge in [-0.1, -0.05) is 13.5 Å². The number of ketones is 1. The molecule has 0 aliphatic rings. The van der Waals surface area contributed by atoms with Gasteiger partial charge in [0.05, 0.1) is 26.4 Å². The number of carbonyl (C=O) groups excluding carboxylic acids is 1. The molecule has 0 saturated carbocycles. The number of rotatable bonds is 10. The highest BCUT2D eigenvalue weighted by molar-refractivity contribution is 5.94. The van der Waals surface area contributed by atoms with Crippen molar-refractivity contribution in [3.05, 3.63) is 42.5 Å². The van der Waals surface area contributed by atoms with Crippen LogP contribution in [0.3, 0.4) is 0 Å². The van der Waals surface area contributed by atoms with E-state index in [1.807, 2.05) is 0 Å². The number of hydrogen-bond donors (Lipinski definition) is 0. The molecular formula is C16H24O4. The lowest BCUT2D eigenvalue weighted by Crippen LogP contribution is -2.10. The van der Waals surface area contributed by atoms with Gasteiger partial charge in [-0.15, -0.1) is 6.58 Å². The highest BCUT2D eigenvalue weighted by Gasteiger charge is 1.99. The van der Waals surface area contributed by atoms with Crippen molar-refractivity contribution < 1.29 is 19.0 Å². The fourth-order valence-electron chi connectivity index (χ4n) is 1.39. The van der Waals surface area contributed by atoms with Crippen molar-refractivity contribution in [2.45, 2.75) is 14.4 Å². The topological polar surface area (TPSA) is 44.8 Å². The summed E-state index contributed by atoms with van der Waals surface area (Å²) >= 11 is 0. The third kappa shape index (κ3) is 7.71. The van der Waals surface area contributed by atoms with Gasteiger partial charge in [0.15, 0.2) is 5.78 Å². The van der Waals surface area contributed by atoms with Crippen LogP contribution < -0.4 is 4.74 Å². The van der Waals surface area contributed by atoms with Gasteiger partial charge >= 0.3 is 0 Å². The highest BCUT2D eigenvalue weighted by Crippen LogP contribution is 2.12. The Hall–Kier alpha value is -1.65. The van der Waals surface area contributed by atoms with E-state index in [-0.39, 0.29) is 13.2 Å². The molecule has 20 heavy (non-hydrogen) atoms. The molecule has 0 heterocycles. The van der Waals surface area contributed by atoms with Crippen LogP contribution in [0.2, 0.25) is 0 Å². The second-order valence-electron chi connectivity index (χ2n) is 3.90. The Kier molecular flexibility index (Phi) is 10.3. The summed E-state index contributed by atoms with van der Waals surface area (Å²) in [5.41, 5.74) is 0.683. The molecule has 0 atom stereocenters. The largest absolute Gasteiger partial charge is 0.491 e. The van der Waals surface area contributed by atoms with E-state index in [2.05, 4.69) is 6.58 Å². The van der Waals surface area contributed by atoms with Crippen molar-refractivity contribution in [1.29, 1.82) is 0 Å². The predicted octanol–water partition coefficient (Wildman–Crippen LogP) is 3.12. The molecule has 1 rings (SSSR count). The summed E-state index contributed by atoms with van der Waals surface area (Å²) < 4.78 is 16.0. The molecule has 0 amide bonds. The maximum Gasteiger partial charge on any atom is 0.159 e. The lowest BCUT2D eigenvalue weighted by atomic mass is 10.1. The van der Waals surface area contributed by atoms with Gasteiger partial charge < -0.3 is 14.2 Å². The van der Waals surface area contributed by atoms with Crippen LogP contribution in [0.5, 0.6) is 5.75 Å². The van der Waals surface area contributed by atoms with E-state index in [1.165, 1.54) is 6.92 Å². The van der Waals surface area contributed by atoms with Crippen molar-refractivity contribution in [1.82, 2.24) is 0 Å². The van der Waals surface area contributed by atoms with Crippen LogP contribution in [-0.2, 0) is 9.47 Å². The van der Waals surface area contributed by atoms with Gasteiger partial charge in [-0.05, 0) is 31.2 Å². The fraction of sp³-hybridized carbons (Fsp3) is 0.438. The zero-order valence-electron chi connectivity index (χ0n) is 11.3. The van der Waals surface area contributed by atoms with Gasteiger partial charge in [-0.2, -0.15) is 0 Å². The van der Waals surface area contributed by atoms with E-state index in [4.69, 9.17) is 14.2 Å². The van der Waals surface area contributed by atoms with E-state index in [0.29, 0.717) is 38.6 Å². The van der Waals surface area contributed by atoms with Gasteiger partial charge in [-0.25, -0.2) is 0 Å². The van der Waals surface area contributed by atoms with Crippen molar-refractivity contribution in [2.75, 3.05) is 33.0 Å². The van der Waals surface area contributed by atoms with Crippen LogP contribution in [0, 0.1) is 0 Å². The zero-order valence-corrected chi connectivity index (χ0v) is 11.3. The average Bonchev–Trinajstić information content (AvgIpc) is 2.42. The Balaban J connectivity index is 0.00000361. The summed E-state index contributed by atoms with van der Waals surface area (Å²) in [4.78, 5) is 11.1. The van der Waals surface area contributed by atoms with Crippen LogP contribution in [0.1, 0.15) is 24.7 Å². The average molecular weight is 280 g/mol. The Morgan fingerprint density at radius 1 is 1.10 bits per heavy atom. The van der Waals surface area contributed by atoms with E-state index < -0.39 is 0 Å². The molecule has 112 valence electrons. The first kappa shape index (κ1) is 18.4. The monoisotopic (exact) mass is 280 g/mol. The summed E-state index contributed by atoms with van der Waals surface area (Å²) in [5, 5.41) is 0. The first-order chi connectivity index (χ1) is 9.24. The SMILES string of the molecule is C.C=CCOCCOCCOc1ccc(C(C)=O)cc1. The molecule has 0 radical (unpaired) electrons. The van der Waals surface area contributed by atoms with Crippen LogP contribution in [-0.4, -0.2) is 38.8 Å². The minimum Gasteiger partial charge on any atom is -0.491 e. The number of carbonyl (C=O) groups is 1. The van der Waals surface area contributed by atoms with E-state index in [1.54, 1.807) is 30.3 Å². The van der Waals surface area contributed by atoms with Gasteiger partial charge in [-0.3, -0.25) is 4.79 Å². The van der Waals surface area contributed by atoms with Gasteiger partial charge in [0, 0.05) is 5.56 Å². The first-order valence-electron chi connectivity index (χ1n) is 6.24. The maximum atomic E-state index is 11.1. The Morgan fingerprint density at radius 2 is 1.70 bits per heavy atom. The van der Waals surface area contributed by atoms with E-state index >= 15 is 0 Å². The highest BCUT2D eigenvalue weighted by atomic mass is 16.5. The maximum absolute atomic E-state index is 11.1. The molecule has 0 N–H and O–H groups in total. The summed E-state index contributed by atoms with van der Waals surface area (Å²) in [6.45, 7) is 7.71. The minimum atomic E-state index is 0. The quantitative estimate of drug-likeness (QED) is 0.375. The Bertz CT molecular complexity index is 384. The van der Waals surface area contributed by atoms with Crippen molar-refractivity contribution in [3.63, 3.8) is 0 Å². The summed E-state index contributed by atoms with van der Waals surface area (Å²) in [6.07, 6.45) is 1.70. The van der Waals surface area contributed by atoms with Crippen LogP contribution in [0.15, 0.2) is 36.9 Å². The minimum absolute atomic E-state index is 0. The van der Waals surface area contributed by atoms with E-state index in [0.717, 1.165) is 5.75 Å². The smallest absolute Gasteiger partial charge is 0.159 e. The lowest BCUT2D eigenvalue weighted by Gasteiger charge is -2.07. The molecule has 0 aliphatic heterocycles. The summed E-state index contributed by atoms with van der Waals surface area (Å²) in [6, 6.07) is 7.07. The second-order valence-corrected chi connectivity index (χ2v) is 3.90. The standard InChI is InChI=1S/C15H20O4.CH4/c1-3-8-17-9-10-18-11-12-19-15-6-4-14(5-7-15)13(2)16;/h3-7H,1,8-12H2,2H3;1H4. The molecule has 4 nitrogen and oxygen atoms in total. The fourth-order valence-corrected chi connectivity index (χ4v) is 1.39. The van der Waals surface area contributed by atoms with Crippen molar-refractivity contribution in [3.8, 4) is 5.75 Å². The first-order valence-corrected chi connectivity index (χ1v) is 6.24. The van der Waals surface area contributed by atoms with Gasteiger partial charge in [0.1, 0.15) is 12.4 Å².